The summed E-state index contributed by atoms with van der Waals surface area (Å²) in [5.74, 6) is 1.40. The lowest BCUT2D eigenvalue weighted by Crippen LogP contribution is -2.21. The molecule has 0 heterocycles. The fourth-order valence-electron chi connectivity index (χ4n) is 2.94. The van der Waals surface area contributed by atoms with Gasteiger partial charge in [-0.15, -0.1) is 0 Å². The molecule has 0 saturated heterocycles. The zero-order chi connectivity index (χ0) is 13.9. The van der Waals surface area contributed by atoms with Crippen molar-refractivity contribution in [1.29, 1.82) is 0 Å². The van der Waals surface area contributed by atoms with Gasteiger partial charge < -0.3 is 5.32 Å². The lowest BCUT2D eigenvalue weighted by Gasteiger charge is -2.31. The van der Waals surface area contributed by atoms with Crippen LogP contribution in [0.15, 0.2) is 24.3 Å². The van der Waals surface area contributed by atoms with Crippen LogP contribution >= 0.6 is 0 Å². The zero-order valence-corrected chi connectivity index (χ0v) is 13.0. The van der Waals surface area contributed by atoms with Gasteiger partial charge in [-0.1, -0.05) is 47.3 Å². The van der Waals surface area contributed by atoms with Gasteiger partial charge in [-0.25, -0.2) is 0 Å². The highest BCUT2D eigenvalue weighted by atomic mass is 14.9. The highest BCUT2D eigenvalue weighted by Crippen LogP contribution is 2.46. The first-order valence-electron chi connectivity index (χ1n) is 7.39. The van der Waals surface area contributed by atoms with E-state index in [4.69, 9.17) is 0 Å². The highest BCUT2D eigenvalue weighted by molar-refractivity contribution is 5.33. The molecule has 0 amide bonds. The van der Waals surface area contributed by atoms with Gasteiger partial charge in [0.2, 0.25) is 0 Å². The summed E-state index contributed by atoms with van der Waals surface area (Å²) < 4.78 is 0. The predicted octanol–water partition coefficient (Wildman–Crippen LogP) is 4.56. The molecule has 3 atom stereocenters. The third-order valence-electron chi connectivity index (χ3n) is 4.59. The Morgan fingerprint density at radius 2 is 2.00 bits per heavy atom. The predicted molar refractivity (Wildman–Crippen MR) is 81.7 cm³/mol. The first kappa shape index (κ1) is 15.5. The van der Waals surface area contributed by atoms with E-state index in [1.165, 1.54) is 36.8 Å². The SMILES string of the molecule is C=C(C(=C)C(C)(C)CC1CC1NC)[C@H](C)CCC. The molecule has 0 aliphatic heterocycles. The average molecular weight is 249 g/mol. The van der Waals surface area contributed by atoms with Crippen LogP contribution in [0.2, 0.25) is 0 Å². The van der Waals surface area contributed by atoms with Crippen LogP contribution in [0.5, 0.6) is 0 Å². The summed E-state index contributed by atoms with van der Waals surface area (Å²) >= 11 is 0. The van der Waals surface area contributed by atoms with Gasteiger partial charge in [0.1, 0.15) is 0 Å². The number of allylic oxidation sites excluding steroid dienone is 2. The van der Waals surface area contributed by atoms with Crippen molar-refractivity contribution in [2.75, 3.05) is 7.05 Å². The van der Waals surface area contributed by atoms with Gasteiger partial charge in [0.05, 0.1) is 0 Å². The van der Waals surface area contributed by atoms with Crippen LogP contribution in [0.4, 0.5) is 0 Å². The second kappa shape index (κ2) is 6.06. The van der Waals surface area contributed by atoms with Crippen LogP contribution in [0, 0.1) is 17.3 Å². The number of hydrogen-bond acceptors (Lipinski definition) is 1. The van der Waals surface area contributed by atoms with Crippen LogP contribution < -0.4 is 5.32 Å². The fraction of sp³-hybridized carbons (Fsp3) is 0.765. The van der Waals surface area contributed by atoms with Crippen molar-refractivity contribution in [2.45, 2.75) is 59.4 Å². The van der Waals surface area contributed by atoms with Crippen LogP contribution in [0.25, 0.3) is 0 Å². The number of nitrogens with one attached hydrogen (secondary N) is 1. The average Bonchev–Trinajstić information content (AvgIpc) is 3.04. The third-order valence-corrected chi connectivity index (χ3v) is 4.59. The van der Waals surface area contributed by atoms with E-state index in [9.17, 15) is 0 Å². The van der Waals surface area contributed by atoms with Gasteiger partial charge in [0.15, 0.2) is 0 Å². The maximum Gasteiger partial charge on any atom is 0.00964 e. The van der Waals surface area contributed by atoms with E-state index in [-0.39, 0.29) is 5.41 Å². The second-order valence-corrected chi connectivity index (χ2v) is 6.67. The standard InChI is InChI=1S/C17H31N/c1-8-9-12(2)13(3)14(4)17(5,6)11-15-10-16(15)18-7/h12,15-16,18H,3-4,8-11H2,1-2,5-7H3/t12-,15?,16?/m1/s1. The van der Waals surface area contributed by atoms with Gasteiger partial charge >= 0.3 is 0 Å². The summed E-state index contributed by atoms with van der Waals surface area (Å²) in [5.41, 5.74) is 2.73. The Hall–Kier alpha value is -0.560. The van der Waals surface area contributed by atoms with Gasteiger partial charge in [0.25, 0.3) is 0 Å². The molecule has 0 aromatic heterocycles. The molecule has 0 bridgehead atoms. The normalized spacial score (nSPS) is 24.7. The minimum Gasteiger partial charge on any atom is -0.317 e. The molecule has 18 heavy (non-hydrogen) atoms. The second-order valence-electron chi connectivity index (χ2n) is 6.67. The number of rotatable bonds is 8. The monoisotopic (exact) mass is 249 g/mol. The summed E-state index contributed by atoms with van der Waals surface area (Å²) in [4.78, 5) is 0. The summed E-state index contributed by atoms with van der Waals surface area (Å²) in [6.07, 6.45) is 4.99. The van der Waals surface area contributed by atoms with E-state index in [1.54, 1.807) is 0 Å². The summed E-state index contributed by atoms with van der Waals surface area (Å²) in [6.45, 7) is 17.8. The Bertz CT molecular complexity index is 314. The molecule has 1 rings (SSSR count). The molecule has 1 N–H and O–H groups in total. The van der Waals surface area contributed by atoms with Gasteiger partial charge in [0, 0.05) is 6.04 Å². The molecule has 104 valence electrons. The lowest BCUT2D eigenvalue weighted by molar-refractivity contribution is 0.372. The van der Waals surface area contributed by atoms with Gasteiger partial charge in [-0.3, -0.25) is 0 Å². The first-order chi connectivity index (χ1) is 8.33. The van der Waals surface area contributed by atoms with Crippen molar-refractivity contribution in [3.63, 3.8) is 0 Å². The van der Waals surface area contributed by atoms with Gasteiger partial charge in [-0.2, -0.15) is 0 Å². The van der Waals surface area contributed by atoms with Crippen molar-refractivity contribution in [3.8, 4) is 0 Å². The Morgan fingerprint density at radius 3 is 2.44 bits per heavy atom. The van der Waals surface area contributed by atoms with Crippen molar-refractivity contribution < 1.29 is 0 Å². The molecule has 1 aliphatic rings. The Morgan fingerprint density at radius 1 is 1.39 bits per heavy atom. The minimum atomic E-state index is 0.190. The molecular weight excluding hydrogens is 218 g/mol. The summed E-state index contributed by atoms with van der Waals surface area (Å²) in [5, 5.41) is 3.37. The van der Waals surface area contributed by atoms with E-state index in [1.807, 2.05) is 0 Å². The third kappa shape index (κ3) is 3.71. The highest BCUT2D eigenvalue weighted by Gasteiger charge is 2.40. The lowest BCUT2D eigenvalue weighted by atomic mass is 9.74. The molecule has 0 spiro atoms. The maximum atomic E-state index is 4.34. The van der Waals surface area contributed by atoms with Crippen LogP contribution in [-0.4, -0.2) is 13.1 Å². The zero-order valence-electron chi connectivity index (χ0n) is 13.0. The molecule has 0 aromatic carbocycles. The molecule has 1 saturated carbocycles. The quantitative estimate of drug-likeness (QED) is 0.622. The van der Waals surface area contributed by atoms with E-state index in [0.717, 1.165) is 12.0 Å². The van der Waals surface area contributed by atoms with Crippen LogP contribution in [0.3, 0.4) is 0 Å². The largest absolute Gasteiger partial charge is 0.317 e. The molecule has 1 fully saturated rings. The van der Waals surface area contributed by atoms with Crippen LogP contribution in [-0.2, 0) is 0 Å². The van der Waals surface area contributed by atoms with Crippen molar-refractivity contribution in [3.05, 3.63) is 24.3 Å². The van der Waals surface area contributed by atoms with E-state index >= 15 is 0 Å². The minimum absolute atomic E-state index is 0.190. The molecule has 0 aromatic rings. The Balaban J connectivity index is 2.55. The smallest absolute Gasteiger partial charge is 0.00964 e. The molecule has 2 unspecified atom stereocenters. The topological polar surface area (TPSA) is 12.0 Å². The number of hydrogen-bond donors (Lipinski definition) is 1. The first-order valence-corrected chi connectivity index (χ1v) is 7.39. The molecule has 1 aliphatic carbocycles. The van der Waals surface area contributed by atoms with Crippen LogP contribution in [0.1, 0.15) is 53.4 Å². The summed E-state index contributed by atoms with van der Waals surface area (Å²) in [7, 11) is 2.06. The Kier molecular flexibility index (Phi) is 5.21. The molecular formula is C17H31N. The fourth-order valence-corrected chi connectivity index (χ4v) is 2.94. The van der Waals surface area contributed by atoms with E-state index < -0.39 is 0 Å². The maximum absolute atomic E-state index is 4.34. The molecule has 0 radical (unpaired) electrons. The Labute approximate surface area is 114 Å². The van der Waals surface area contributed by atoms with Crippen molar-refractivity contribution in [2.24, 2.45) is 17.3 Å². The summed E-state index contributed by atoms with van der Waals surface area (Å²) in [6, 6.07) is 0.735. The molecule has 1 nitrogen and oxygen atoms in total. The van der Waals surface area contributed by atoms with Gasteiger partial charge in [-0.05, 0) is 54.7 Å². The molecule has 1 heteroatoms. The van der Waals surface area contributed by atoms with E-state index in [2.05, 4.69) is 53.2 Å². The van der Waals surface area contributed by atoms with E-state index in [0.29, 0.717) is 5.92 Å². The van der Waals surface area contributed by atoms with Crippen molar-refractivity contribution >= 4 is 0 Å². The van der Waals surface area contributed by atoms with Crippen molar-refractivity contribution in [1.82, 2.24) is 5.32 Å².